The van der Waals surface area contributed by atoms with Crippen molar-refractivity contribution in [1.82, 2.24) is 0 Å². The molecule has 63 valence electrons. The van der Waals surface area contributed by atoms with E-state index in [2.05, 4.69) is 16.2 Å². The summed E-state index contributed by atoms with van der Waals surface area (Å²) < 4.78 is 12.6. The molecule has 0 unspecified atom stereocenters. The number of rotatable bonds is 3. The maximum Gasteiger partial charge on any atom is 0.139 e. The van der Waals surface area contributed by atoms with Crippen LogP contribution in [0.15, 0.2) is 29.4 Å². The highest BCUT2D eigenvalue weighted by Crippen LogP contribution is 2.00. The van der Waals surface area contributed by atoms with Gasteiger partial charge in [-0.3, -0.25) is 0 Å². The van der Waals surface area contributed by atoms with Crippen LogP contribution in [0.4, 0.5) is 4.39 Å². The fraction of sp³-hybridized carbons (Fsp3) is 0.222. The van der Waals surface area contributed by atoms with Gasteiger partial charge in [-0.1, -0.05) is 17.3 Å². The summed E-state index contributed by atoms with van der Waals surface area (Å²) in [4.78, 5) is 4.67. The fourth-order valence-electron chi connectivity index (χ4n) is 0.708. The molecule has 0 N–H and O–H groups in total. The van der Waals surface area contributed by atoms with Crippen molar-refractivity contribution in [2.75, 3.05) is 6.61 Å². The van der Waals surface area contributed by atoms with Gasteiger partial charge in [-0.2, -0.15) is 0 Å². The van der Waals surface area contributed by atoms with Gasteiger partial charge in [-0.15, -0.1) is 0 Å². The molecule has 0 aliphatic carbocycles. The van der Waals surface area contributed by atoms with Crippen LogP contribution in [-0.2, 0) is 4.84 Å². The smallest absolute Gasteiger partial charge is 0.139 e. The summed E-state index contributed by atoms with van der Waals surface area (Å²) in [6.07, 6.45) is 2.55. The molecule has 0 aromatic heterocycles. The third kappa shape index (κ3) is 2.70. The lowest BCUT2D eigenvalue weighted by Crippen LogP contribution is -1.85. The molecule has 0 amide bonds. The maximum absolute atomic E-state index is 12.6. The van der Waals surface area contributed by atoms with E-state index < -0.39 is 0 Å². The van der Waals surface area contributed by atoms with Gasteiger partial charge in [0.15, 0.2) is 0 Å². The molecule has 2 nitrogen and oxygen atoms in total. The SMILES string of the molecule is CCO/N=[C]/c1cccc(F)c1. The highest BCUT2D eigenvalue weighted by atomic mass is 19.1. The largest absolute Gasteiger partial charge is 0.396 e. The maximum atomic E-state index is 12.6. The normalized spacial score (nSPS) is 10.5. The van der Waals surface area contributed by atoms with Crippen molar-refractivity contribution in [2.45, 2.75) is 6.92 Å². The van der Waals surface area contributed by atoms with E-state index in [1.807, 2.05) is 6.92 Å². The van der Waals surface area contributed by atoms with Crippen LogP contribution in [-0.4, -0.2) is 12.8 Å². The van der Waals surface area contributed by atoms with E-state index >= 15 is 0 Å². The molecule has 3 heteroatoms. The quantitative estimate of drug-likeness (QED) is 0.497. The molecule has 0 aliphatic heterocycles. The van der Waals surface area contributed by atoms with Gasteiger partial charge >= 0.3 is 0 Å². The van der Waals surface area contributed by atoms with Gasteiger partial charge in [0.25, 0.3) is 0 Å². The molecule has 12 heavy (non-hydrogen) atoms. The van der Waals surface area contributed by atoms with Crippen LogP contribution in [0.5, 0.6) is 0 Å². The van der Waals surface area contributed by atoms with Gasteiger partial charge in [0, 0.05) is 5.56 Å². The molecule has 0 heterocycles. The molecule has 0 aliphatic rings. The number of benzene rings is 1. The van der Waals surface area contributed by atoms with Crippen molar-refractivity contribution in [3.63, 3.8) is 0 Å². The van der Waals surface area contributed by atoms with E-state index in [4.69, 9.17) is 0 Å². The van der Waals surface area contributed by atoms with Crippen LogP contribution in [0.2, 0.25) is 0 Å². The second-order valence-electron chi connectivity index (χ2n) is 2.13. The highest BCUT2D eigenvalue weighted by Gasteiger charge is 1.90. The van der Waals surface area contributed by atoms with Crippen LogP contribution in [0.1, 0.15) is 12.5 Å². The lowest BCUT2D eigenvalue weighted by Gasteiger charge is -1.91. The summed E-state index contributed by atoms with van der Waals surface area (Å²) in [5, 5.41) is 3.48. The molecule has 1 aromatic rings. The van der Waals surface area contributed by atoms with Crippen molar-refractivity contribution in [2.24, 2.45) is 5.16 Å². The molecule has 0 bridgehead atoms. The predicted molar refractivity (Wildman–Crippen MR) is 44.6 cm³/mol. The average molecular weight is 166 g/mol. The molecule has 0 saturated heterocycles. The Kier molecular flexibility index (Phi) is 3.26. The van der Waals surface area contributed by atoms with Crippen LogP contribution in [0, 0.1) is 5.82 Å². The number of hydrogen-bond acceptors (Lipinski definition) is 2. The molecular formula is C9H9FNO. The Bertz CT molecular complexity index is 273. The average Bonchev–Trinajstić information content (AvgIpc) is 2.05. The summed E-state index contributed by atoms with van der Waals surface area (Å²) in [6.45, 7) is 2.30. The zero-order valence-electron chi connectivity index (χ0n) is 6.75. The van der Waals surface area contributed by atoms with E-state index in [0.717, 1.165) is 0 Å². The Morgan fingerprint density at radius 1 is 1.58 bits per heavy atom. The molecule has 0 fully saturated rings. The lowest BCUT2D eigenvalue weighted by atomic mass is 10.2. The van der Waals surface area contributed by atoms with Crippen LogP contribution in [0.3, 0.4) is 0 Å². The molecule has 1 rings (SSSR count). The Balaban J connectivity index is 2.63. The second kappa shape index (κ2) is 4.49. The number of hydrogen-bond donors (Lipinski definition) is 0. The third-order valence-corrected chi connectivity index (χ3v) is 1.19. The first-order valence-corrected chi connectivity index (χ1v) is 3.66. The minimum Gasteiger partial charge on any atom is -0.396 e. The summed E-state index contributed by atoms with van der Waals surface area (Å²) in [5.41, 5.74) is 0.573. The minimum atomic E-state index is -0.299. The van der Waals surface area contributed by atoms with Crippen LogP contribution < -0.4 is 0 Å². The molecular weight excluding hydrogens is 157 g/mol. The van der Waals surface area contributed by atoms with Gasteiger partial charge in [-0.25, -0.2) is 4.39 Å². The predicted octanol–water partition coefficient (Wildman–Crippen LogP) is 2.07. The van der Waals surface area contributed by atoms with Gasteiger partial charge < -0.3 is 4.84 Å². The zero-order valence-corrected chi connectivity index (χ0v) is 6.75. The topological polar surface area (TPSA) is 21.6 Å². The Morgan fingerprint density at radius 3 is 3.08 bits per heavy atom. The van der Waals surface area contributed by atoms with Crippen LogP contribution >= 0.6 is 0 Å². The van der Waals surface area contributed by atoms with Crippen molar-refractivity contribution < 1.29 is 9.23 Å². The van der Waals surface area contributed by atoms with Crippen LogP contribution in [0.25, 0.3) is 0 Å². The highest BCUT2D eigenvalue weighted by molar-refractivity contribution is 5.78. The number of nitrogens with zero attached hydrogens (tertiary/aromatic N) is 1. The van der Waals surface area contributed by atoms with E-state index in [0.29, 0.717) is 12.2 Å². The molecule has 0 spiro atoms. The lowest BCUT2D eigenvalue weighted by molar-refractivity contribution is 0.160. The third-order valence-electron chi connectivity index (χ3n) is 1.19. The van der Waals surface area contributed by atoms with E-state index in [1.165, 1.54) is 12.1 Å². The van der Waals surface area contributed by atoms with E-state index in [-0.39, 0.29) is 5.82 Å². The summed E-state index contributed by atoms with van der Waals surface area (Å²) in [5.74, 6) is -0.299. The standard InChI is InChI=1S/C9H9FNO/c1-2-12-11-7-8-4-3-5-9(10)6-8/h3-6H,2H2,1H3. The fourth-order valence-corrected chi connectivity index (χ4v) is 0.708. The zero-order chi connectivity index (χ0) is 8.81. The number of halogens is 1. The van der Waals surface area contributed by atoms with Crippen molar-refractivity contribution in [3.8, 4) is 0 Å². The van der Waals surface area contributed by atoms with Crippen molar-refractivity contribution in [3.05, 3.63) is 35.6 Å². The van der Waals surface area contributed by atoms with Gasteiger partial charge in [0.2, 0.25) is 0 Å². The summed E-state index contributed by atoms with van der Waals surface area (Å²) in [6, 6.07) is 6.00. The molecule has 0 atom stereocenters. The van der Waals surface area contributed by atoms with Crippen molar-refractivity contribution >= 4 is 6.21 Å². The van der Waals surface area contributed by atoms with Crippen molar-refractivity contribution in [1.29, 1.82) is 0 Å². The molecule has 0 saturated carbocycles. The monoisotopic (exact) mass is 166 g/mol. The summed E-state index contributed by atoms with van der Waals surface area (Å²) >= 11 is 0. The first-order chi connectivity index (χ1) is 5.83. The minimum absolute atomic E-state index is 0.299. The van der Waals surface area contributed by atoms with Gasteiger partial charge in [0.05, 0.1) is 0 Å². The molecule has 1 radical (unpaired) electrons. The molecule has 1 aromatic carbocycles. The first-order valence-electron chi connectivity index (χ1n) is 3.66. The van der Waals surface area contributed by atoms with Gasteiger partial charge in [-0.05, 0) is 19.1 Å². The van der Waals surface area contributed by atoms with E-state index in [9.17, 15) is 4.39 Å². The Labute approximate surface area is 70.7 Å². The second-order valence-corrected chi connectivity index (χ2v) is 2.13. The summed E-state index contributed by atoms with van der Waals surface area (Å²) in [7, 11) is 0. The Morgan fingerprint density at radius 2 is 2.42 bits per heavy atom. The van der Waals surface area contributed by atoms with E-state index in [1.54, 1.807) is 12.1 Å². The Hall–Kier alpha value is -1.38. The first kappa shape index (κ1) is 8.71. The van der Waals surface area contributed by atoms with Gasteiger partial charge in [0.1, 0.15) is 18.6 Å².